The summed E-state index contributed by atoms with van der Waals surface area (Å²) < 4.78 is 6.11. The monoisotopic (exact) mass is 803 g/mol. The van der Waals surface area contributed by atoms with Crippen molar-refractivity contribution in [1.29, 1.82) is 0 Å². The number of benzene rings is 3. The summed E-state index contributed by atoms with van der Waals surface area (Å²) in [6.45, 7) is 9.01. The van der Waals surface area contributed by atoms with Gasteiger partial charge in [-0.1, -0.05) is 62.7 Å². The molecule has 4 aliphatic rings. The Balaban J connectivity index is 1.28. The van der Waals surface area contributed by atoms with Gasteiger partial charge < -0.3 is 35.4 Å². The van der Waals surface area contributed by atoms with Crippen molar-refractivity contribution in [3.8, 4) is 16.9 Å². The molecule has 4 fully saturated rings. The summed E-state index contributed by atoms with van der Waals surface area (Å²) in [5.74, 6) is 0.962. The molecular weight excluding hydrogens is 742 g/mol. The summed E-state index contributed by atoms with van der Waals surface area (Å²) in [6, 6.07) is 18.3. The number of halogens is 1. The van der Waals surface area contributed by atoms with E-state index in [1.54, 1.807) is 19.1 Å². The molecule has 9 atom stereocenters. The van der Waals surface area contributed by atoms with E-state index < -0.39 is 24.2 Å². The zero-order valence-electron chi connectivity index (χ0n) is 35.0. The first kappa shape index (κ1) is 42.9. The van der Waals surface area contributed by atoms with Gasteiger partial charge in [0.05, 0.1) is 26.4 Å². The summed E-state index contributed by atoms with van der Waals surface area (Å²) in [5, 5.41) is 30.3. The third kappa shape index (κ3) is 9.14. The van der Waals surface area contributed by atoms with Crippen LogP contribution in [0.3, 0.4) is 0 Å². The quantitative estimate of drug-likeness (QED) is 0.154. The number of fused-ring (bicyclic) bond motifs is 2. The second-order valence-corrected chi connectivity index (χ2v) is 18.1. The highest BCUT2D eigenvalue weighted by atomic mass is 35.5. The van der Waals surface area contributed by atoms with Crippen LogP contribution >= 0.6 is 11.6 Å². The summed E-state index contributed by atoms with van der Waals surface area (Å²) in [4.78, 5) is 38.7. The first-order valence-electron chi connectivity index (χ1n) is 20.2. The summed E-state index contributed by atoms with van der Waals surface area (Å²) in [7, 11) is 9.46. The van der Waals surface area contributed by atoms with Gasteiger partial charge in [-0.05, 0) is 105 Å². The van der Waals surface area contributed by atoms with Crippen LogP contribution in [0.25, 0.3) is 11.1 Å². The molecule has 0 aromatic heterocycles. The third-order valence-corrected chi connectivity index (χ3v) is 13.3. The molecule has 0 unspecified atom stereocenters. The Morgan fingerprint density at radius 1 is 1.07 bits per heavy atom. The van der Waals surface area contributed by atoms with Crippen LogP contribution in [0.15, 0.2) is 60.7 Å². The Hall–Kier alpha value is -3.71. The number of ether oxygens (including phenoxy) is 1. The molecular formula is C45H62ClN5O6. The summed E-state index contributed by atoms with van der Waals surface area (Å²) in [6.07, 6.45) is 1.09. The summed E-state index contributed by atoms with van der Waals surface area (Å²) in [5.41, 5.74) is 5.00. The molecule has 4 N–H and O–H groups in total. The third-order valence-electron chi connectivity index (χ3n) is 13.0. The number of hydrogen-bond donors (Lipinski definition) is 4. The second-order valence-electron chi connectivity index (χ2n) is 17.7. The normalized spacial score (nSPS) is 26.4. The van der Waals surface area contributed by atoms with Crippen LogP contribution in [0.5, 0.6) is 5.75 Å². The first-order chi connectivity index (χ1) is 27.0. The van der Waals surface area contributed by atoms with Gasteiger partial charge in [-0.25, -0.2) is 0 Å². The lowest BCUT2D eigenvalue weighted by molar-refractivity contribution is -0.183. The first-order valence-corrected chi connectivity index (χ1v) is 20.6. The van der Waals surface area contributed by atoms with Crippen molar-refractivity contribution >= 4 is 29.1 Å². The predicted octanol–water partition coefficient (Wildman–Crippen LogP) is 5.64. The van der Waals surface area contributed by atoms with Crippen LogP contribution in [-0.2, 0) is 22.6 Å². The molecule has 7 rings (SSSR count). The fourth-order valence-electron chi connectivity index (χ4n) is 9.76. The number of amides is 2. The lowest BCUT2D eigenvalue weighted by Crippen LogP contribution is -2.62. The fourth-order valence-corrected chi connectivity index (χ4v) is 9.89. The number of carbonyl (C=O) groups is 2. The minimum Gasteiger partial charge on any atom is -0.496 e. The Labute approximate surface area is 343 Å². The van der Waals surface area contributed by atoms with Crippen LogP contribution in [-0.4, -0.2) is 111 Å². The second kappa shape index (κ2) is 17.6. The van der Waals surface area contributed by atoms with E-state index in [0.29, 0.717) is 47.1 Å². The molecule has 0 spiro atoms. The molecule has 1 aliphatic heterocycles. The molecule has 11 nitrogen and oxygen atoms in total. The number of nitrogens with one attached hydrogen (secondary N) is 2. The maximum absolute atomic E-state index is 14.3. The van der Waals surface area contributed by atoms with Crippen LogP contribution in [0.1, 0.15) is 62.0 Å². The van der Waals surface area contributed by atoms with Crippen LogP contribution in [0.4, 0.5) is 5.69 Å². The number of hydroxylamine groups is 2. The molecule has 3 saturated carbocycles. The topological polar surface area (TPSA) is 127 Å². The molecule has 2 amide bonds. The SMILES string of the molecule is COc1c(CN2O[C@@H](CO)[C@@H]([C@H](C)O)[C@H]2C(=O)N[C@H]2C[C@H]3C[C@@H]([C@@H]2C)C3(C)C)cccc1-c1cc(C(=O)N[C@@H](Cc2ccc(Cl)cc2)CN(C)C)cc(N(C)C)c1. The molecule has 1 saturated heterocycles. The summed E-state index contributed by atoms with van der Waals surface area (Å²) >= 11 is 6.14. The highest BCUT2D eigenvalue weighted by molar-refractivity contribution is 6.30. The Morgan fingerprint density at radius 2 is 1.79 bits per heavy atom. The number of likely N-dealkylation sites (N-methyl/N-ethyl adjacent to an activating group) is 1. The zero-order chi connectivity index (χ0) is 41.3. The number of para-hydroxylation sites is 1. The molecule has 3 aliphatic carbocycles. The van der Waals surface area contributed by atoms with E-state index in [2.05, 4.69) is 36.3 Å². The predicted molar refractivity (Wildman–Crippen MR) is 225 cm³/mol. The fraction of sp³-hybridized carbons (Fsp3) is 0.556. The van der Waals surface area contributed by atoms with Crippen molar-refractivity contribution in [3.05, 3.63) is 82.4 Å². The van der Waals surface area contributed by atoms with Crippen molar-refractivity contribution in [1.82, 2.24) is 20.6 Å². The number of nitrogens with zero attached hydrogens (tertiary/aromatic N) is 3. The van der Waals surface area contributed by atoms with Gasteiger partial charge in [-0.2, -0.15) is 5.06 Å². The van der Waals surface area contributed by atoms with E-state index in [-0.39, 0.29) is 42.5 Å². The van der Waals surface area contributed by atoms with Crippen LogP contribution in [0, 0.1) is 29.1 Å². The van der Waals surface area contributed by atoms with Crippen molar-refractivity contribution in [3.63, 3.8) is 0 Å². The van der Waals surface area contributed by atoms with Crippen LogP contribution in [0.2, 0.25) is 5.02 Å². The van der Waals surface area contributed by atoms with Gasteiger partial charge in [0.1, 0.15) is 17.9 Å². The van der Waals surface area contributed by atoms with Crippen molar-refractivity contribution in [2.45, 2.75) is 83.8 Å². The van der Waals surface area contributed by atoms with Crippen molar-refractivity contribution in [2.75, 3.05) is 53.4 Å². The van der Waals surface area contributed by atoms with Gasteiger partial charge in [0, 0.05) is 66.0 Å². The number of carbonyl (C=O) groups excluding carboxylic acids is 2. The highest BCUT2D eigenvalue weighted by Gasteiger charge is 2.57. The molecule has 12 heteroatoms. The van der Waals surface area contributed by atoms with E-state index in [1.807, 2.05) is 93.8 Å². The molecule has 0 radical (unpaired) electrons. The molecule has 1 heterocycles. The highest BCUT2D eigenvalue weighted by Crippen LogP contribution is 2.61. The average molecular weight is 804 g/mol. The zero-order valence-corrected chi connectivity index (χ0v) is 35.7. The number of rotatable bonds is 15. The van der Waals surface area contributed by atoms with Gasteiger partial charge in [-0.15, -0.1) is 0 Å². The molecule has 310 valence electrons. The number of anilines is 1. The number of aliphatic hydroxyl groups excluding tert-OH is 2. The Morgan fingerprint density at radius 3 is 2.39 bits per heavy atom. The lowest BCUT2D eigenvalue weighted by Gasteiger charge is -2.62. The van der Waals surface area contributed by atoms with E-state index in [9.17, 15) is 19.8 Å². The number of hydrogen-bond acceptors (Lipinski definition) is 9. The van der Waals surface area contributed by atoms with E-state index in [0.717, 1.165) is 34.4 Å². The number of methoxy groups -OCH3 is 1. The lowest BCUT2D eigenvalue weighted by atomic mass is 9.45. The van der Waals surface area contributed by atoms with Crippen molar-refractivity contribution < 1.29 is 29.4 Å². The van der Waals surface area contributed by atoms with Gasteiger partial charge in [0.2, 0.25) is 5.91 Å². The van der Waals surface area contributed by atoms with Crippen LogP contribution < -0.4 is 20.3 Å². The smallest absolute Gasteiger partial charge is 0.251 e. The minimum atomic E-state index is -0.908. The van der Waals surface area contributed by atoms with E-state index in [1.165, 1.54) is 6.42 Å². The van der Waals surface area contributed by atoms with Gasteiger partial charge in [-0.3, -0.25) is 14.4 Å². The van der Waals surface area contributed by atoms with E-state index in [4.69, 9.17) is 21.2 Å². The standard InChI is InChI=1S/C45H62ClN5O6/c1-26-37-21-32(45(37,3)4)22-38(26)48-44(55)41-40(27(2)53)39(25-52)57-51(41)23-29-11-10-12-36(42(29)56-9)30-18-31(20-35(19-30)50(7)8)43(54)47-34(24-49(5)6)17-28-13-15-33(46)16-14-28/h10-16,18-20,26-27,32,34,37-41,52-53H,17,21-25H2,1-9H3,(H,47,54)(H,48,55)/t26-,27-,32+,34-,37-,38-,39-,40+,41-/m0/s1. The Kier molecular flexibility index (Phi) is 13.3. The van der Waals surface area contributed by atoms with Gasteiger partial charge in [0.25, 0.3) is 5.91 Å². The number of aliphatic hydroxyl groups is 2. The maximum atomic E-state index is 14.3. The largest absolute Gasteiger partial charge is 0.496 e. The minimum absolute atomic E-state index is 0.0304. The maximum Gasteiger partial charge on any atom is 0.251 e. The molecule has 57 heavy (non-hydrogen) atoms. The Bertz CT molecular complexity index is 1890. The van der Waals surface area contributed by atoms with Gasteiger partial charge in [0.15, 0.2) is 0 Å². The molecule has 3 aromatic carbocycles. The van der Waals surface area contributed by atoms with E-state index >= 15 is 0 Å². The van der Waals surface area contributed by atoms with Gasteiger partial charge >= 0.3 is 0 Å². The molecule has 3 aromatic rings. The average Bonchev–Trinajstić information content (AvgIpc) is 3.54. The van der Waals surface area contributed by atoms with Crippen molar-refractivity contribution in [2.24, 2.45) is 29.1 Å². The molecule has 2 bridgehead atoms.